The highest BCUT2D eigenvalue weighted by molar-refractivity contribution is 5.47. The summed E-state index contributed by atoms with van der Waals surface area (Å²) in [4.78, 5) is 8.96. The summed E-state index contributed by atoms with van der Waals surface area (Å²) in [5.74, 6) is 3.47. The summed E-state index contributed by atoms with van der Waals surface area (Å²) in [7, 11) is 1.67. The molecule has 1 aromatic heterocycles. The molecule has 110 valence electrons. The average Bonchev–Trinajstić information content (AvgIpc) is 3.29. The molecule has 2 aliphatic carbocycles. The lowest BCUT2D eigenvalue weighted by molar-refractivity contribution is 0.178. The van der Waals surface area contributed by atoms with E-state index in [9.17, 15) is 0 Å². The van der Waals surface area contributed by atoms with E-state index in [1.54, 1.807) is 7.11 Å². The monoisotopic (exact) mass is 276 g/mol. The predicted octanol–water partition coefficient (Wildman–Crippen LogP) is 2.66. The quantitative estimate of drug-likeness (QED) is 0.764. The van der Waals surface area contributed by atoms with Gasteiger partial charge in [-0.2, -0.15) is 0 Å². The molecule has 0 radical (unpaired) electrons. The Morgan fingerprint density at radius 1 is 1.25 bits per heavy atom. The molecule has 20 heavy (non-hydrogen) atoms. The molecule has 5 heteroatoms. The van der Waals surface area contributed by atoms with Gasteiger partial charge >= 0.3 is 0 Å². The van der Waals surface area contributed by atoms with Gasteiger partial charge in [-0.15, -0.1) is 0 Å². The summed E-state index contributed by atoms with van der Waals surface area (Å²) in [5.41, 5.74) is 0.574. The Balaban J connectivity index is 1.67. The standard InChI is InChI=1S/C15H24N4O/c1-3-16-12-8-13(19-14(18-12)9-20-2)17-10-15(6-7-15)11-4-5-11/h8,11H,3-7,9-10H2,1-2H3,(H2,16,17,18,19). The van der Waals surface area contributed by atoms with Gasteiger partial charge < -0.3 is 15.4 Å². The molecule has 2 aliphatic rings. The van der Waals surface area contributed by atoms with E-state index >= 15 is 0 Å². The van der Waals surface area contributed by atoms with E-state index in [0.717, 1.165) is 36.5 Å². The summed E-state index contributed by atoms with van der Waals surface area (Å²) in [6, 6.07) is 1.99. The molecule has 2 N–H and O–H groups in total. The number of nitrogens with zero attached hydrogens (tertiary/aromatic N) is 2. The predicted molar refractivity (Wildman–Crippen MR) is 79.8 cm³/mol. The number of anilines is 2. The highest BCUT2D eigenvalue weighted by atomic mass is 16.5. The minimum absolute atomic E-state index is 0.446. The van der Waals surface area contributed by atoms with E-state index in [4.69, 9.17) is 4.74 Å². The number of rotatable bonds is 8. The van der Waals surface area contributed by atoms with Gasteiger partial charge in [-0.05, 0) is 43.9 Å². The molecule has 0 unspecified atom stereocenters. The van der Waals surface area contributed by atoms with Crippen molar-refractivity contribution >= 4 is 11.6 Å². The summed E-state index contributed by atoms with van der Waals surface area (Å²) < 4.78 is 5.14. The van der Waals surface area contributed by atoms with Crippen LogP contribution in [0.3, 0.4) is 0 Å². The topological polar surface area (TPSA) is 59.1 Å². The van der Waals surface area contributed by atoms with Crippen molar-refractivity contribution in [2.24, 2.45) is 11.3 Å². The van der Waals surface area contributed by atoms with Crippen molar-refractivity contribution in [3.05, 3.63) is 11.9 Å². The Morgan fingerprint density at radius 3 is 2.50 bits per heavy atom. The molecular formula is C15H24N4O. The van der Waals surface area contributed by atoms with Crippen LogP contribution in [-0.4, -0.2) is 30.2 Å². The minimum Gasteiger partial charge on any atom is -0.377 e. The van der Waals surface area contributed by atoms with Gasteiger partial charge in [0, 0.05) is 26.3 Å². The number of nitrogens with one attached hydrogen (secondary N) is 2. The van der Waals surface area contributed by atoms with Crippen LogP contribution in [0.25, 0.3) is 0 Å². The molecule has 3 rings (SSSR count). The highest BCUT2D eigenvalue weighted by Gasteiger charge is 2.53. The van der Waals surface area contributed by atoms with Crippen LogP contribution in [0.5, 0.6) is 0 Å². The first-order valence-electron chi connectivity index (χ1n) is 7.60. The summed E-state index contributed by atoms with van der Waals surface area (Å²) in [6.45, 7) is 4.42. The zero-order chi connectivity index (χ0) is 14.0. The smallest absolute Gasteiger partial charge is 0.158 e. The van der Waals surface area contributed by atoms with E-state index in [0.29, 0.717) is 12.0 Å². The molecule has 0 atom stereocenters. The molecule has 0 bridgehead atoms. The molecular weight excluding hydrogens is 252 g/mol. The Bertz CT molecular complexity index is 445. The lowest BCUT2D eigenvalue weighted by Gasteiger charge is -2.16. The average molecular weight is 276 g/mol. The van der Waals surface area contributed by atoms with Crippen LogP contribution in [0.15, 0.2) is 6.07 Å². The van der Waals surface area contributed by atoms with E-state index < -0.39 is 0 Å². The van der Waals surface area contributed by atoms with Crippen molar-refractivity contribution in [3.8, 4) is 0 Å². The van der Waals surface area contributed by atoms with Gasteiger partial charge in [0.25, 0.3) is 0 Å². The first kappa shape index (κ1) is 13.6. The molecule has 0 amide bonds. The van der Waals surface area contributed by atoms with Gasteiger partial charge in [0.2, 0.25) is 0 Å². The van der Waals surface area contributed by atoms with Gasteiger partial charge in [-0.25, -0.2) is 9.97 Å². The van der Waals surface area contributed by atoms with Crippen LogP contribution < -0.4 is 10.6 Å². The molecule has 0 aromatic carbocycles. The molecule has 2 saturated carbocycles. The Hall–Kier alpha value is -1.36. The Morgan fingerprint density at radius 2 is 1.95 bits per heavy atom. The van der Waals surface area contributed by atoms with Gasteiger partial charge in [-0.1, -0.05) is 0 Å². The molecule has 0 saturated heterocycles. The lowest BCUT2D eigenvalue weighted by Crippen LogP contribution is -2.18. The zero-order valence-electron chi connectivity index (χ0n) is 12.4. The van der Waals surface area contributed by atoms with Gasteiger partial charge in [0.1, 0.15) is 18.2 Å². The summed E-state index contributed by atoms with van der Waals surface area (Å²) in [6.07, 6.45) is 5.59. The third kappa shape index (κ3) is 3.03. The van der Waals surface area contributed by atoms with Crippen molar-refractivity contribution in [1.29, 1.82) is 0 Å². The van der Waals surface area contributed by atoms with Crippen LogP contribution in [0.4, 0.5) is 11.6 Å². The van der Waals surface area contributed by atoms with E-state index in [1.807, 2.05) is 6.07 Å². The number of hydrogen-bond donors (Lipinski definition) is 2. The molecule has 5 nitrogen and oxygen atoms in total. The summed E-state index contributed by atoms with van der Waals surface area (Å²) >= 11 is 0. The lowest BCUT2D eigenvalue weighted by atomic mass is 10.0. The van der Waals surface area contributed by atoms with E-state index in [2.05, 4.69) is 27.5 Å². The maximum atomic E-state index is 5.14. The van der Waals surface area contributed by atoms with Gasteiger partial charge in [-0.3, -0.25) is 0 Å². The second kappa shape index (κ2) is 5.56. The second-order valence-electron chi connectivity index (χ2n) is 6.01. The van der Waals surface area contributed by atoms with Crippen LogP contribution in [-0.2, 0) is 11.3 Å². The number of methoxy groups -OCH3 is 1. The highest BCUT2D eigenvalue weighted by Crippen LogP contribution is 2.61. The minimum atomic E-state index is 0.446. The molecule has 1 aromatic rings. The summed E-state index contributed by atoms with van der Waals surface area (Å²) in [5, 5.41) is 6.77. The van der Waals surface area contributed by atoms with Crippen molar-refractivity contribution < 1.29 is 4.74 Å². The third-order valence-electron chi connectivity index (χ3n) is 4.36. The largest absolute Gasteiger partial charge is 0.377 e. The normalized spacial score (nSPS) is 19.7. The van der Waals surface area contributed by atoms with Crippen LogP contribution in [0, 0.1) is 11.3 Å². The van der Waals surface area contributed by atoms with Crippen molar-refractivity contribution in [2.45, 2.75) is 39.2 Å². The van der Waals surface area contributed by atoms with E-state index in [1.165, 1.54) is 25.7 Å². The fraction of sp³-hybridized carbons (Fsp3) is 0.733. The Labute approximate surface area is 120 Å². The first-order valence-corrected chi connectivity index (χ1v) is 7.60. The van der Waals surface area contributed by atoms with E-state index in [-0.39, 0.29) is 0 Å². The van der Waals surface area contributed by atoms with Crippen molar-refractivity contribution in [1.82, 2.24) is 9.97 Å². The fourth-order valence-corrected chi connectivity index (χ4v) is 2.91. The van der Waals surface area contributed by atoms with Gasteiger partial charge in [0.05, 0.1) is 0 Å². The fourth-order valence-electron chi connectivity index (χ4n) is 2.91. The molecule has 1 heterocycles. The number of ether oxygens (including phenoxy) is 1. The number of hydrogen-bond acceptors (Lipinski definition) is 5. The zero-order valence-corrected chi connectivity index (χ0v) is 12.4. The molecule has 2 fully saturated rings. The first-order chi connectivity index (χ1) is 9.75. The van der Waals surface area contributed by atoms with Crippen molar-refractivity contribution in [2.75, 3.05) is 30.8 Å². The van der Waals surface area contributed by atoms with Crippen molar-refractivity contribution in [3.63, 3.8) is 0 Å². The Kier molecular flexibility index (Phi) is 3.78. The van der Waals surface area contributed by atoms with Crippen LogP contribution in [0.2, 0.25) is 0 Å². The van der Waals surface area contributed by atoms with Gasteiger partial charge in [0.15, 0.2) is 5.82 Å². The second-order valence-corrected chi connectivity index (χ2v) is 6.01. The molecule has 0 aliphatic heterocycles. The van der Waals surface area contributed by atoms with Crippen LogP contribution >= 0.6 is 0 Å². The maximum Gasteiger partial charge on any atom is 0.158 e. The van der Waals surface area contributed by atoms with Crippen LogP contribution in [0.1, 0.15) is 38.4 Å². The maximum absolute atomic E-state index is 5.14. The number of aromatic nitrogens is 2. The SMILES string of the molecule is CCNc1cc(NCC2(C3CC3)CC2)nc(COC)n1. The molecule has 0 spiro atoms. The third-order valence-corrected chi connectivity index (χ3v) is 4.36.